The molecule has 0 saturated carbocycles. The van der Waals surface area contributed by atoms with Gasteiger partial charge >= 0.3 is 6.18 Å². The van der Waals surface area contributed by atoms with E-state index in [0.29, 0.717) is 6.42 Å². The second kappa shape index (κ2) is 6.28. The van der Waals surface area contributed by atoms with Crippen LogP contribution in [0, 0.1) is 0 Å². The smallest absolute Gasteiger partial charge is 0.324 e. The Morgan fingerprint density at radius 3 is 2.47 bits per heavy atom. The van der Waals surface area contributed by atoms with Gasteiger partial charge in [0, 0.05) is 6.04 Å². The average Bonchev–Trinajstić information content (AvgIpc) is 2.16. The summed E-state index contributed by atoms with van der Waals surface area (Å²) >= 11 is 5.69. The first-order valence-corrected chi connectivity index (χ1v) is 4.97. The summed E-state index contributed by atoms with van der Waals surface area (Å²) < 4.78 is 37.6. The summed E-state index contributed by atoms with van der Waals surface area (Å²) in [6.07, 6.45) is -2.54. The first kappa shape index (κ1) is 16.3. The van der Waals surface area contributed by atoms with Crippen molar-refractivity contribution in [2.45, 2.75) is 18.6 Å². The van der Waals surface area contributed by atoms with E-state index >= 15 is 0 Å². The lowest BCUT2D eigenvalue weighted by Crippen LogP contribution is -2.13. The van der Waals surface area contributed by atoms with Gasteiger partial charge in [0.1, 0.15) is 0 Å². The Kier molecular flexibility index (Phi) is 6.02. The number of nitrogens with two attached hydrogens (primary N) is 1. The lowest BCUT2D eigenvalue weighted by Gasteiger charge is -2.16. The Morgan fingerprint density at radius 1 is 1.41 bits per heavy atom. The van der Waals surface area contributed by atoms with Crippen LogP contribution in [-0.2, 0) is 6.18 Å². The van der Waals surface area contributed by atoms with Crippen LogP contribution in [0.2, 0.25) is 5.02 Å². The molecule has 0 bridgehead atoms. The van der Waals surface area contributed by atoms with Gasteiger partial charge in [-0.25, -0.2) is 0 Å². The molecule has 0 fully saturated rings. The van der Waals surface area contributed by atoms with E-state index in [4.69, 9.17) is 17.3 Å². The zero-order chi connectivity index (χ0) is 12.3. The van der Waals surface area contributed by atoms with Crippen molar-refractivity contribution in [2.75, 3.05) is 0 Å². The maximum atomic E-state index is 12.5. The van der Waals surface area contributed by atoms with Crippen LogP contribution < -0.4 is 5.73 Å². The summed E-state index contributed by atoms with van der Waals surface area (Å²) in [6, 6.07) is 3.16. The summed E-state index contributed by atoms with van der Waals surface area (Å²) in [5.41, 5.74) is 5.13. The first-order valence-electron chi connectivity index (χ1n) is 4.60. The number of halogens is 5. The summed E-state index contributed by atoms with van der Waals surface area (Å²) in [6.45, 7) is 3.48. The maximum Gasteiger partial charge on any atom is 0.417 e. The Labute approximate surface area is 109 Å². The molecule has 1 rings (SSSR count). The van der Waals surface area contributed by atoms with Crippen LogP contribution in [0.25, 0.3) is 0 Å². The van der Waals surface area contributed by atoms with Crippen LogP contribution in [0.5, 0.6) is 0 Å². The maximum absolute atomic E-state index is 12.5. The number of rotatable bonds is 3. The molecule has 1 aromatic rings. The standard InChI is InChI=1S/C11H11ClF3N.ClH/c1-2-4-9(16)7-5-3-6-8(10(7)12)11(13,14)15;/h2-3,5-6,9H,1,4,16H2;1H/t9-;/m1./s1. The second-order valence-corrected chi connectivity index (χ2v) is 3.72. The fraction of sp³-hybridized carbons (Fsp3) is 0.273. The Bertz CT molecular complexity index is 391. The molecule has 17 heavy (non-hydrogen) atoms. The third kappa shape index (κ3) is 3.91. The molecule has 0 spiro atoms. The fourth-order valence-electron chi connectivity index (χ4n) is 1.36. The quantitative estimate of drug-likeness (QED) is 0.821. The molecule has 6 heteroatoms. The second-order valence-electron chi connectivity index (χ2n) is 3.34. The molecule has 0 saturated heterocycles. The highest BCUT2D eigenvalue weighted by atomic mass is 35.5. The van der Waals surface area contributed by atoms with Crippen LogP contribution in [0.1, 0.15) is 23.6 Å². The molecule has 0 aliphatic rings. The highest BCUT2D eigenvalue weighted by Crippen LogP contribution is 2.37. The number of benzene rings is 1. The van der Waals surface area contributed by atoms with Gasteiger partial charge in [0.05, 0.1) is 10.6 Å². The predicted molar refractivity (Wildman–Crippen MR) is 65.4 cm³/mol. The van der Waals surface area contributed by atoms with E-state index < -0.39 is 17.8 Å². The monoisotopic (exact) mass is 285 g/mol. The number of alkyl halides is 3. The van der Waals surface area contributed by atoms with Crippen molar-refractivity contribution in [1.82, 2.24) is 0 Å². The lowest BCUT2D eigenvalue weighted by atomic mass is 10.0. The van der Waals surface area contributed by atoms with Gasteiger partial charge in [0.15, 0.2) is 0 Å². The zero-order valence-corrected chi connectivity index (χ0v) is 10.4. The van der Waals surface area contributed by atoms with E-state index in [1.165, 1.54) is 12.1 Å². The van der Waals surface area contributed by atoms with E-state index in [9.17, 15) is 13.2 Å². The van der Waals surface area contributed by atoms with Gasteiger partial charge in [0.25, 0.3) is 0 Å². The molecule has 1 aromatic carbocycles. The van der Waals surface area contributed by atoms with E-state index in [-0.39, 0.29) is 23.0 Å². The van der Waals surface area contributed by atoms with Crippen molar-refractivity contribution in [2.24, 2.45) is 5.73 Å². The number of hydrogen-bond donors (Lipinski definition) is 1. The minimum atomic E-state index is -4.46. The molecule has 0 unspecified atom stereocenters. The fourth-order valence-corrected chi connectivity index (χ4v) is 1.73. The molecule has 0 radical (unpaired) electrons. The van der Waals surface area contributed by atoms with Crippen LogP contribution in [0.15, 0.2) is 30.9 Å². The largest absolute Gasteiger partial charge is 0.417 e. The minimum Gasteiger partial charge on any atom is -0.324 e. The third-order valence-corrected chi connectivity index (χ3v) is 2.58. The van der Waals surface area contributed by atoms with Crippen LogP contribution in [0.4, 0.5) is 13.2 Å². The zero-order valence-electron chi connectivity index (χ0n) is 8.80. The Morgan fingerprint density at radius 2 is 2.00 bits per heavy atom. The van der Waals surface area contributed by atoms with Gasteiger partial charge in [-0.05, 0) is 18.1 Å². The van der Waals surface area contributed by atoms with Gasteiger partial charge in [-0.2, -0.15) is 13.2 Å². The van der Waals surface area contributed by atoms with Crippen molar-refractivity contribution >= 4 is 24.0 Å². The molecule has 0 aliphatic carbocycles. The van der Waals surface area contributed by atoms with E-state index in [0.717, 1.165) is 6.07 Å². The highest BCUT2D eigenvalue weighted by Gasteiger charge is 2.34. The molecule has 0 aromatic heterocycles. The van der Waals surface area contributed by atoms with Gasteiger partial charge in [-0.3, -0.25) is 0 Å². The van der Waals surface area contributed by atoms with Crippen molar-refractivity contribution in [3.05, 3.63) is 47.0 Å². The van der Waals surface area contributed by atoms with Crippen molar-refractivity contribution in [1.29, 1.82) is 0 Å². The van der Waals surface area contributed by atoms with Crippen LogP contribution in [-0.4, -0.2) is 0 Å². The molecule has 0 aliphatic heterocycles. The van der Waals surface area contributed by atoms with Gasteiger partial charge in [-0.15, -0.1) is 19.0 Å². The van der Waals surface area contributed by atoms with Crippen LogP contribution in [0.3, 0.4) is 0 Å². The van der Waals surface area contributed by atoms with E-state index in [1.54, 1.807) is 6.08 Å². The summed E-state index contributed by atoms with van der Waals surface area (Å²) in [5, 5.41) is -0.329. The topological polar surface area (TPSA) is 26.0 Å². The van der Waals surface area contributed by atoms with Crippen molar-refractivity contribution < 1.29 is 13.2 Å². The summed E-state index contributed by atoms with van der Waals surface area (Å²) in [4.78, 5) is 0. The molecule has 0 heterocycles. The van der Waals surface area contributed by atoms with Gasteiger partial charge in [-0.1, -0.05) is 29.8 Å². The molecule has 0 amide bonds. The Hall–Kier alpha value is -0.710. The van der Waals surface area contributed by atoms with Crippen molar-refractivity contribution in [3.63, 3.8) is 0 Å². The highest BCUT2D eigenvalue weighted by molar-refractivity contribution is 6.32. The van der Waals surface area contributed by atoms with Gasteiger partial charge in [0.2, 0.25) is 0 Å². The van der Waals surface area contributed by atoms with E-state index in [2.05, 4.69) is 6.58 Å². The molecule has 1 nitrogen and oxygen atoms in total. The van der Waals surface area contributed by atoms with E-state index in [1.807, 2.05) is 0 Å². The first-order chi connectivity index (χ1) is 7.38. The minimum absolute atomic E-state index is 0. The lowest BCUT2D eigenvalue weighted by molar-refractivity contribution is -0.137. The van der Waals surface area contributed by atoms with Crippen LogP contribution >= 0.6 is 24.0 Å². The Balaban J connectivity index is 0.00000256. The summed E-state index contributed by atoms with van der Waals surface area (Å²) in [5.74, 6) is 0. The predicted octanol–water partition coefficient (Wildman–Crippen LogP) is 4.36. The molecular weight excluding hydrogens is 274 g/mol. The van der Waals surface area contributed by atoms with Gasteiger partial charge < -0.3 is 5.73 Å². The normalized spacial score (nSPS) is 12.8. The average molecular weight is 286 g/mol. The molecule has 1 atom stereocenters. The third-order valence-electron chi connectivity index (χ3n) is 2.15. The molecule has 96 valence electrons. The van der Waals surface area contributed by atoms with Crippen molar-refractivity contribution in [3.8, 4) is 0 Å². The number of hydrogen-bond acceptors (Lipinski definition) is 1. The molecule has 2 N–H and O–H groups in total. The summed E-state index contributed by atoms with van der Waals surface area (Å²) in [7, 11) is 0. The SMILES string of the molecule is C=CC[C@@H](N)c1cccc(C(F)(F)F)c1Cl.Cl. The molecular formula is C11H12Cl2F3N.